The second kappa shape index (κ2) is 14.6. The molecule has 1 fully saturated rings. The zero-order chi connectivity index (χ0) is 37.4. The van der Waals surface area contributed by atoms with Crippen LogP contribution in [0.2, 0.25) is 10.0 Å². The average molecular weight is 770 g/mol. The Morgan fingerprint density at radius 2 is 1.44 bits per heavy atom. The van der Waals surface area contributed by atoms with Crippen molar-refractivity contribution in [1.82, 2.24) is 14.4 Å². The minimum atomic E-state index is -4.67. The van der Waals surface area contributed by atoms with Crippen LogP contribution in [-0.4, -0.2) is 67.0 Å². The van der Waals surface area contributed by atoms with Crippen molar-refractivity contribution in [3.05, 3.63) is 144 Å². The molecule has 15 heteroatoms. The number of rotatable bonds is 6. The summed E-state index contributed by atoms with van der Waals surface area (Å²) in [5.41, 5.74) is 0.673. The quantitative estimate of drug-likeness (QED) is 0.220. The van der Waals surface area contributed by atoms with Gasteiger partial charge < -0.3 is 14.4 Å². The molecule has 268 valence electrons. The molecule has 0 N–H and O–H groups in total. The molecule has 0 aliphatic carbocycles. The molecular formula is C37H29Cl2F3N4O5S. The minimum absolute atomic E-state index is 0.0362. The van der Waals surface area contributed by atoms with Gasteiger partial charge in [0.15, 0.2) is 0 Å². The van der Waals surface area contributed by atoms with Crippen LogP contribution in [0, 0.1) is 11.3 Å². The van der Waals surface area contributed by atoms with Crippen LogP contribution in [0.4, 0.5) is 13.2 Å². The number of allylic oxidation sites excluding steroid dienone is 2. The smallest absolute Gasteiger partial charge is 0.339 e. The lowest BCUT2D eigenvalue weighted by Gasteiger charge is -2.35. The molecule has 3 aromatic carbocycles. The first-order valence-electron chi connectivity index (χ1n) is 16.0. The topological polar surface area (TPSA) is 121 Å². The van der Waals surface area contributed by atoms with Crippen molar-refractivity contribution in [2.45, 2.75) is 35.9 Å². The number of sulfone groups is 1. The molecular weight excluding hydrogens is 740 g/mol. The van der Waals surface area contributed by atoms with Crippen LogP contribution in [0.15, 0.2) is 106 Å². The molecule has 9 nitrogen and oxygen atoms in total. The zero-order valence-electron chi connectivity index (χ0n) is 27.2. The molecule has 1 saturated heterocycles. The van der Waals surface area contributed by atoms with Gasteiger partial charge in [0.1, 0.15) is 12.0 Å². The molecule has 2 amide bonds. The highest BCUT2D eigenvalue weighted by molar-refractivity contribution is 7.95. The largest absolute Gasteiger partial charge is 0.397 e. The van der Waals surface area contributed by atoms with Crippen molar-refractivity contribution < 1.29 is 31.2 Å². The minimum Gasteiger partial charge on any atom is -0.339 e. The predicted molar refractivity (Wildman–Crippen MR) is 188 cm³/mol. The number of fused-ring (bicyclic) bond motifs is 1. The van der Waals surface area contributed by atoms with Gasteiger partial charge in [-0.05, 0) is 65.7 Å². The molecule has 3 heterocycles. The summed E-state index contributed by atoms with van der Waals surface area (Å²) in [7, 11) is -4.23. The van der Waals surface area contributed by atoms with Gasteiger partial charge in [-0.15, -0.1) is 0 Å². The van der Waals surface area contributed by atoms with Crippen LogP contribution < -0.4 is 5.56 Å². The number of nitrogens with zero attached hydrogens (tertiary/aromatic N) is 4. The number of pyridine rings is 1. The molecule has 2 aliphatic rings. The maximum atomic E-state index is 14.6. The first-order valence-corrected chi connectivity index (χ1v) is 18.3. The number of carbonyl (C=O) groups is 2. The number of benzene rings is 3. The highest BCUT2D eigenvalue weighted by Crippen LogP contribution is 2.42. The summed E-state index contributed by atoms with van der Waals surface area (Å²) >= 11 is 12.5. The third kappa shape index (κ3) is 7.65. The lowest BCUT2D eigenvalue weighted by atomic mass is 9.86. The Bertz CT molecular complexity index is 2280. The summed E-state index contributed by atoms with van der Waals surface area (Å²) in [6.07, 6.45) is -4.93. The number of aromatic nitrogens is 1. The Kier molecular flexibility index (Phi) is 10.4. The van der Waals surface area contributed by atoms with Crippen molar-refractivity contribution in [3.63, 3.8) is 0 Å². The lowest BCUT2D eigenvalue weighted by molar-refractivity contribution is -0.162. The van der Waals surface area contributed by atoms with Crippen molar-refractivity contribution in [1.29, 1.82) is 5.26 Å². The van der Waals surface area contributed by atoms with Gasteiger partial charge in [0, 0.05) is 54.3 Å². The van der Waals surface area contributed by atoms with E-state index in [0.717, 1.165) is 4.90 Å². The Morgan fingerprint density at radius 1 is 0.846 bits per heavy atom. The van der Waals surface area contributed by atoms with E-state index in [-0.39, 0.29) is 59.2 Å². The summed E-state index contributed by atoms with van der Waals surface area (Å²) in [6, 6.07) is 22.9. The number of nitriles is 1. The predicted octanol–water partition coefficient (Wildman–Crippen LogP) is 6.55. The molecule has 0 spiro atoms. The van der Waals surface area contributed by atoms with Crippen molar-refractivity contribution >= 4 is 44.9 Å². The van der Waals surface area contributed by atoms with Crippen LogP contribution in [0.25, 0.3) is 0 Å². The summed E-state index contributed by atoms with van der Waals surface area (Å²) < 4.78 is 68.5. The van der Waals surface area contributed by atoms with Crippen molar-refractivity contribution in [2.75, 3.05) is 26.2 Å². The van der Waals surface area contributed by atoms with E-state index < -0.39 is 51.8 Å². The van der Waals surface area contributed by atoms with Gasteiger partial charge in [-0.2, -0.15) is 18.4 Å². The van der Waals surface area contributed by atoms with E-state index in [0.29, 0.717) is 21.2 Å². The standard InChI is InChI=1S/C37H29Cl2F3N4O5S/c38-26-8-4-24(5-9-26)32-20-30(52(50,51)29-3-1-2-23(18-29)22-43)19-28-12-13-31(36(49)46(28)34(32)25-6-10-27(39)11-7-25)35(48)45-16-14-44(15-17-45)33(47)21-37(40,41)42/h1-13,18,20,32,34H,14-17,19,21H2/t32-,34+/m1/s1. The van der Waals surface area contributed by atoms with Crippen LogP contribution >= 0.6 is 23.2 Å². The van der Waals surface area contributed by atoms with E-state index in [2.05, 4.69) is 0 Å². The number of piperazine rings is 1. The normalized spacial score (nSPS) is 17.8. The maximum absolute atomic E-state index is 14.6. The van der Waals surface area contributed by atoms with Crippen molar-refractivity contribution in [2.24, 2.45) is 0 Å². The third-order valence-corrected chi connectivity index (χ3v) is 11.5. The lowest BCUT2D eigenvalue weighted by Crippen LogP contribution is -2.52. The average Bonchev–Trinajstić information content (AvgIpc) is 3.30. The number of alkyl halides is 3. The molecule has 4 aromatic rings. The van der Waals surface area contributed by atoms with E-state index in [1.54, 1.807) is 54.6 Å². The molecule has 0 unspecified atom stereocenters. The monoisotopic (exact) mass is 768 g/mol. The molecule has 0 bridgehead atoms. The van der Waals surface area contributed by atoms with Crippen LogP contribution in [0.1, 0.15) is 51.1 Å². The van der Waals surface area contributed by atoms with Gasteiger partial charge in [-0.3, -0.25) is 14.4 Å². The van der Waals surface area contributed by atoms with E-state index in [9.17, 15) is 41.2 Å². The Labute approximate surface area is 307 Å². The van der Waals surface area contributed by atoms with Gasteiger partial charge in [0.05, 0.1) is 27.5 Å². The second-order valence-electron chi connectivity index (χ2n) is 12.4. The van der Waals surface area contributed by atoms with E-state index in [1.165, 1.54) is 45.9 Å². The van der Waals surface area contributed by atoms with E-state index in [4.69, 9.17) is 23.2 Å². The van der Waals surface area contributed by atoms with Crippen LogP contribution in [-0.2, 0) is 21.1 Å². The fourth-order valence-electron chi connectivity index (χ4n) is 6.55. The number of halogens is 5. The molecule has 0 saturated carbocycles. The van der Waals surface area contributed by atoms with Gasteiger partial charge in [0.2, 0.25) is 15.7 Å². The summed E-state index contributed by atoms with van der Waals surface area (Å²) in [5.74, 6) is -2.59. The van der Waals surface area contributed by atoms with E-state index in [1.807, 2.05) is 6.07 Å². The second-order valence-corrected chi connectivity index (χ2v) is 15.3. The maximum Gasteiger partial charge on any atom is 0.397 e. The number of carbonyl (C=O) groups excluding carboxylic acids is 2. The number of hydrogen-bond acceptors (Lipinski definition) is 6. The highest BCUT2D eigenvalue weighted by atomic mass is 35.5. The third-order valence-electron chi connectivity index (χ3n) is 9.13. The summed E-state index contributed by atoms with van der Waals surface area (Å²) in [4.78, 5) is 42.9. The van der Waals surface area contributed by atoms with Gasteiger partial charge in [-0.1, -0.05) is 59.6 Å². The first-order chi connectivity index (χ1) is 24.7. The molecule has 2 atom stereocenters. The van der Waals surface area contributed by atoms with E-state index >= 15 is 0 Å². The SMILES string of the molecule is N#Cc1cccc(S(=O)(=O)C2=C[C@H](c3ccc(Cl)cc3)[C@H](c3ccc(Cl)cc3)n3c(ccc(C(=O)N4CCN(C(=O)CC(F)(F)F)CC4)c3=O)C2)c1. The Morgan fingerprint density at radius 3 is 2.04 bits per heavy atom. The van der Waals surface area contributed by atoms with Crippen LogP contribution in [0.5, 0.6) is 0 Å². The molecule has 1 aromatic heterocycles. The zero-order valence-corrected chi connectivity index (χ0v) is 29.5. The molecule has 52 heavy (non-hydrogen) atoms. The molecule has 0 radical (unpaired) electrons. The van der Waals surface area contributed by atoms with Gasteiger partial charge >= 0.3 is 6.18 Å². The fourth-order valence-corrected chi connectivity index (χ4v) is 8.31. The fraction of sp³-hybridized carbons (Fsp3) is 0.243. The van der Waals surface area contributed by atoms with Gasteiger partial charge in [-0.25, -0.2) is 8.42 Å². The number of hydrogen-bond donors (Lipinski definition) is 0. The Hall–Kier alpha value is -4.90. The van der Waals surface area contributed by atoms with Crippen molar-refractivity contribution in [3.8, 4) is 6.07 Å². The Balaban J connectivity index is 1.48. The summed E-state index contributed by atoms with van der Waals surface area (Å²) in [5, 5.41) is 10.3. The first kappa shape index (κ1) is 36.9. The highest BCUT2D eigenvalue weighted by Gasteiger charge is 2.38. The van der Waals surface area contributed by atoms with Crippen LogP contribution in [0.3, 0.4) is 0 Å². The molecule has 6 rings (SSSR count). The summed E-state index contributed by atoms with van der Waals surface area (Å²) in [6.45, 7) is -0.471. The van der Waals surface area contributed by atoms with Gasteiger partial charge in [0.25, 0.3) is 11.5 Å². The number of amides is 2. The molecule has 2 aliphatic heterocycles.